The van der Waals surface area contributed by atoms with Crippen molar-refractivity contribution in [2.24, 2.45) is 13.0 Å². The van der Waals surface area contributed by atoms with Gasteiger partial charge in [0, 0.05) is 44.4 Å². The molecule has 0 saturated carbocycles. The number of aryl methyl sites for hydroxylation is 1. The maximum absolute atomic E-state index is 12.9. The van der Waals surface area contributed by atoms with Crippen molar-refractivity contribution >= 4 is 5.91 Å². The summed E-state index contributed by atoms with van der Waals surface area (Å²) in [7, 11) is 1.96. The first-order valence-electron chi connectivity index (χ1n) is 10.0. The van der Waals surface area contributed by atoms with Gasteiger partial charge < -0.3 is 14.2 Å². The number of nitrogens with zero attached hydrogens (tertiary/aromatic N) is 6. The lowest BCUT2D eigenvalue weighted by molar-refractivity contribution is -0.136. The van der Waals surface area contributed by atoms with E-state index in [9.17, 15) is 4.79 Å². The second-order valence-corrected chi connectivity index (χ2v) is 7.74. The average molecular weight is 392 g/mol. The Hall–Kier alpha value is -3.00. The zero-order chi connectivity index (χ0) is 19.8. The van der Waals surface area contributed by atoms with Gasteiger partial charge in [-0.25, -0.2) is 0 Å². The van der Waals surface area contributed by atoms with E-state index >= 15 is 0 Å². The number of aromatic nitrogens is 5. The standard InChI is InChI=1S/C21H24N6O2/c1-25-18-7-9-26(21(28)16-8-10-29-13-16)12-17(18)19(24-25)20-23-22-14-27(20)11-15-5-3-2-4-6-15/h2-6,14,16H,7-13H2,1H3. The molecule has 2 aliphatic rings. The number of rotatable bonds is 4. The van der Waals surface area contributed by atoms with E-state index in [0.717, 1.165) is 36.5 Å². The molecule has 0 N–H and O–H groups in total. The quantitative estimate of drug-likeness (QED) is 0.675. The van der Waals surface area contributed by atoms with Crippen LogP contribution in [0.25, 0.3) is 11.5 Å². The largest absolute Gasteiger partial charge is 0.381 e. The Bertz CT molecular complexity index is 1020. The summed E-state index contributed by atoms with van der Waals surface area (Å²) in [5.41, 5.74) is 4.24. The van der Waals surface area contributed by atoms with Crippen molar-refractivity contribution in [2.75, 3.05) is 19.8 Å². The fourth-order valence-corrected chi connectivity index (χ4v) is 4.28. The van der Waals surface area contributed by atoms with Gasteiger partial charge in [-0.2, -0.15) is 5.10 Å². The highest BCUT2D eigenvalue weighted by molar-refractivity contribution is 5.80. The van der Waals surface area contributed by atoms with E-state index in [-0.39, 0.29) is 11.8 Å². The summed E-state index contributed by atoms with van der Waals surface area (Å²) in [4.78, 5) is 14.9. The number of ether oxygens (including phenoxy) is 1. The van der Waals surface area contributed by atoms with Crippen molar-refractivity contribution in [3.8, 4) is 11.5 Å². The lowest BCUT2D eigenvalue weighted by Crippen LogP contribution is -2.40. The van der Waals surface area contributed by atoms with E-state index in [2.05, 4.69) is 22.3 Å². The summed E-state index contributed by atoms with van der Waals surface area (Å²) in [5.74, 6) is 0.913. The van der Waals surface area contributed by atoms with Crippen LogP contribution in [-0.2, 0) is 36.1 Å². The topological polar surface area (TPSA) is 78.1 Å². The number of hydrogen-bond donors (Lipinski definition) is 0. The molecule has 8 nitrogen and oxygen atoms in total. The Morgan fingerprint density at radius 2 is 2.14 bits per heavy atom. The van der Waals surface area contributed by atoms with Crippen LogP contribution in [0.5, 0.6) is 0 Å². The summed E-state index contributed by atoms with van der Waals surface area (Å²) in [6.45, 7) is 3.17. The lowest BCUT2D eigenvalue weighted by Gasteiger charge is -2.29. The molecule has 1 saturated heterocycles. The molecule has 1 fully saturated rings. The zero-order valence-corrected chi connectivity index (χ0v) is 16.5. The molecule has 4 heterocycles. The van der Waals surface area contributed by atoms with Gasteiger partial charge in [-0.15, -0.1) is 10.2 Å². The van der Waals surface area contributed by atoms with Gasteiger partial charge in [0.2, 0.25) is 5.91 Å². The van der Waals surface area contributed by atoms with E-state index in [0.29, 0.717) is 26.3 Å². The Labute approximate surface area is 169 Å². The van der Waals surface area contributed by atoms with Crippen LogP contribution in [-0.4, -0.2) is 55.1 Å². The zero-order valence-electron chi connectivity index (χ0n) is 16.5. The number of hydrogen-bond acceptors (Lipinski definition) is 5. The molecule has 1 atom stereocenters. The Morgan fingerprint density at radius 3 is 2.93 bits per heavy atom. The van der Waals surface area contributed by atoms with Crippen molar-refractivity contribution in [1.82, 2.24) is 29.4 Å². The van der Waals surface area contributed by atoms with Gasteiger partial charge in [0.25, 0.3) is 0 Å². The fourth-order valence-electron chi connectivity index (χ4n) is 4.28. The molecule has 1 aromatic carbocycles. The Balaban J connectivity index is 1.45. The number of carbonyl (C=O) groups excluding carboxylic acids is 1. The van der Waals surface area contributed by atoms with Crippen LogP contribution in [0.4, 0.5) is 0 Å². The first-order chi connectivity index (χ1) is 14.2. The third-order valence-electron chi connectivity index (χ3n) is 5.86. The van der Waals surface area contributed by atoms with E-state index < -0.39 is 0 Å². The molecule has 2 aromatic heterocycles. The summed E-state index contributed by atoms with van der Waals surface area (Å²) in [6.07, 6.45) is 3.35. The lowest BCUT2D eigenvalue weighted by atomic mass is 10.0. The number of carbonyl (C=O) groups is 1. The minimum absolute atomic E-state index is 0.0154. The second-order valence-electron chi connectivity index (χ2n) is 7.74. The molecule has 150 valence electrons. The van der Waals surface area contributed by atoms with Crippen LogP contribution < -0.4 is 0 Å². The number of amides is 1. The molecule has 0 radical (unpaired) electrons. The molecule has 2 aliphatic heterocycles. The molecule has 0 spiro atoms. The third-order valence-corrected chi connectivity index (χ3v) is 5.86. The van der Waals surface area contributed by atoms with Gasteiger partial charge in [0.15, 0.2) is 5.82 Å². The minimum Gasteiger partial charge on any atom is -0.381 e. The van der Waals surface area contributed by atoms with Crippen molar-refractivity contribution in [3.63, 3.8) is 0 Å². The average Bonchev–Trinajstić information content (AvgIpc) is 3.49. The minimum atomic E-state index is -0.0154. The first kappa shape index (κ1) is 18.1. The SMILES string of the molecule is Cn1nc(-c2nncn2Cc2ccccc2)c2c1CCN(C(=O)C1CCOC1)C2. The third kappa shape index (κ3) is 3.33. The fraction of sp³-hybridized carbons (Fsp3) is 0.429. The number of benzene rings is 1. The van der Waals surface area contributed by atoms with Gasteiger partial charge in [-0.1, -0.05) is 30.3 Å². The van der Waals surface area contributed by atoms with Crippen molar-refractivity contribution < 1.29 is 9.53 Å². The van der Waals surface area contributed by atoms with Gasteiger partial charge in [-0.05, 0) is 12.0 Å². The molecule has 0 aliphatic carbocycles. The van der Waals surface area contributed by atoms with Gasteiger partial charge in [0.05, 0.1) is 19.1 Å². The molecule has 1 amide bonds. The van der Waals surface area contributed by atoms with Gasteiger partial charge in [0.1, 0.15) is 12.0 Å². The van der Waals surface area contributed by atoms with Crippen LogP contribution in [0.3, 0.4) is 0 Å². The summed E-state index contributed by atoms with van der Waals surface area (Å²) >= 11 is 0. The summed E-state index contributed by atoms with van der Waals surface area (Å²) < 4.78 is 9.35. The van der Waals surface area contributed by atoms with Crippen LogP contribution in [0, 0.1) is 5.92 Å². The van der Waals surface area contributed by atoms with Gasteiger partial charge in [-0.3, -0.25) is 9.48 Å². The molecule has 8 heteroatoms. The number of fused-ring (bicyclic) bond motifs is 1. The molecule has 1 unspecified atom stereocenters. The van der Waals surface area contributed by atoms with Crippen LogP contribution >= 0.6 is 0 Å². The maximum Gasteiger partial charge on any atom is 0.228 e. The smallest absolute Gasteiger partial charge is 0.228 e. The predicted molar refractivity (Wildman–Crippen MR) is 106 cm³/mol. The monoisotopic (exact) mass is 392 g/mol. The van der Waals surface area contributed by atoms with E-state index in [4.69, 9.17) is 9.84 Å². The van der Waals surface area contributed by atoms with Crippen molar-refractivity contribution in [3.05, 3.63) is 53.5 Å². The Kier molecular flexibility index (Phi) is 4.63. The van der Waals surface area contributed by atoms with Crippen molar-refractivity contribution in [2.45, 2.75) is 25.9 Å². The van der Waals surface area contributed by atoms with Crippen LogP contribution in [0.2, 0.25) is 0 Å². The Morgan fingerprint density at radius 1 is 1.28 bits per heavy atom. The normalized spacial score (nSPS) is 18.8. The molecule has 0 bridgehead atoms. The van der Waals surface area contributed by atoms with E-state index in [1.807, 2.05) is 39.4 Å². The highest BCUT2D eigenvalue weighted by Gasteiger charge is 2.33. The summed E-state index contributed by atoms with van der Waals surface area (Å²) in [5, 5.41) is 13.3. The first-order valence-corrected chi connectivity index (χ1v) is 10.0. The van der Waals surface area contributed by atoms with Crippen LogP contribution in [0.15, 0.2) is 36.7 Å². The highest BCUT2D eigenvalue weighted by atomic mass is 16.5. The molecule has 3 aromatic rings. The molecule has 29 heavy (non-hydrogen) atoms. The maximum atomic E-state index is 12.9. The second kappa shape index (κ2) is 7.44. The molecule has 5 rings (SSSR count). The summed E-state index contributed by atoms with van der Waals surface area (Å²) in [6, 6.07) is 10.2. The van der Waals surface area contributed by atoms with E-state index in [1.54, 1.807) is 6.33 Å². The predicted octanol–water partition coefficient (Wildman–Crippen LogP) is 1.65. The highest BCUT2D eigenvalue weighted by Crippen LogP contribution is 2.30. The van der Waals surface area contributed by atoms with Gasteiger partial charge >= 0.3 is 0 Å². The van der Waals surface area contributed by atoms with Crippen LogP contribution in [0.1, 0.15) is 23.2 Å². The molecular formula is C21H24N6O2. The van der Waals surface area contributed by atoms with E-state index in [1.165, 1.54) is 11.3 Å². The van der Waals surface area contributed by atoms with Crippen molar-refractivity contribution in [1.29, 1.82) is 0 Å². The molecular weight excluding hydrogens is 368 g/mol.